The van der Waals surface area contributed by atoms with E-state index in [9.17, 15) is 4.79 Å². The minimum absolute atomic E-state index is 0.415. The van der Waals surface area contributed by atoms with Crippen LogP contribution in [0.5, 0.6) is 0 Å². The van der Waals surface area contributed by atoms with Crippen molar-refractivity contribution in [2.45, 2.75) is 24.8 Å². The van der Waals surface area contributed by atoms with E-state index in [1.807, 2.05) is 25.1 Å². The first kappa shape index (κ1) is 18.7. The number of ether oxygens (including phenoxy) is 1. The molecule has 1 amide bonds. The minimum Gasteiger partial charge on any atom is -0.449 e. The van der Waals surface area contributed by atoms with Crippen molar-refractivity contribution in [3.63, 3.8) is 0 Å². The summed E-state index contributed by atoms with van der Waals surface area (Å²) in [4.78, 5) is 12.9. The molecule has 0 unspecified atom stereocenters. The second-order valence-corrected chi connectivity index (χ2v) is 6.89. The Balaban J connectivity index is 1.92. The maximum Gasteiger partial charge on any atom is 0.411 e. The minimum atomic E-state index is -0.438. The smallest absolute Gasteiger partial charge is 0.411 e. The van der Waals surface area contributed by atoms with Crippen LogP contribution in [-0.2, 0) is 11.3 Å². The van der Waals surface area contributed by atoms with E-state index < -0.39 is 6.09 Å². The van der Waals surface area contributed by atoms with Crippen molar-refractivity contribution in [3.05, 3.63) is 52.5 Å². The highest BCUT2D eigenvalue weighted by atomic mass is 79.9. The van der Waals surface area contributed by atoms with Gasteiger partial charge in [-0.2, -0.15) is 0 Å². The van der Waals surface area contributed by atoms with Gasteiger partial charge in [-0.25, -0.2) is 4.79 Å². The molecule has 0 aliphatic heterocycles. The zero-order valence-electron chi connectivity index (χ0n) is 13.8. The summed E-state index contributed by atoms with van der Waals surface area (Å²) in [6, 6.07) is 14.2. The van der Waals surface area contributed by atoms with Crippen LogP contribution in [0.4, 0.5) is 16.2 Å². The number of hydrogen-bond acceptors (Lipinski definition) is 4. The van der Waals surface area contributed by atoms with E-state index in [4.69, 9.17) is 4.74 Å². The van der Waals surface area contributed by atoms with Crippen molar-refractivity contribution in [1.82, 2.24) is 0 Å². The molecule has 0 aliphatic carbocycles. The molecule has 0 aromatic heterocycles. The molecule has 4 nitrogen and oxygen atoms in total. The number of amides is 1. The van der Waals surface area contributed by atoms with E-state index in [1.54, 1.807) is 11.8 Å². The Morgan fingerprint density at radius 3 is 2.58 bits per heavy atom. The number of carbonyl (C=O) groups excluding carboxylic acids is 1. The number of benzene rings is 2. The third-order valence-electron chi connectivity index (χ3n) is 3.30. The van der Waals surface area contributed by atoms with Gasteiger partial charge in [0.1, 0.15) is 0 Å². The van der Waals surface area contributed by atoms with Crippen LogP contribution in [-0.4, -0.2) is 19.0 Å². The van der Waals surface area contributed by atoms with E-state index in [2.05, 4.69) is 57.1 Å². The number of thioether (sulfide) groups is 1. The largest absolute Gasteiger partial charge is 0.449 e. The first-order valence-electron chi connectivity index (χ1n) is 7.72. The Hall–Kier alpha value is -1.66. The summed E-state index contributed by atoms with van der Waals surface area (Å²) in [5.41, 5.74) is 2.88. The summed E-state index contributed by atoms with van der Waals surface area (Å²) < 4.78 is 5.82. The second kappa shape index (κ2) is 9.59. The molecule has 0 spiro atoms. The highest BCUT2D eigenvalue weighted by Crippen LogP contribution is 2.26. The molecule has 0 saturated heterocycles. The van der Waals surface area contributed by atoms with Gasteiger partial charge in [-0.15, -0.1) is 11.8 Å². The zero-order chi connectivity index (χ0) is 17.4. The van der Waals surface area contributed by atoms with E-state index in [-0.39, 0.29) is 0 Å². The van der Waals surface area contributed by atoms with E-state index >= 15 is 0 Å². The van der Waals surface area contributed by atoms with E-state index in [1.165, 1.54) is 10.5 Å². The van der Waals surface area contributed by atoms with Crippen LogP contribution in [0.25, 0.3) is 0 Å². The number of nitrogens with one attached hydrogen (secondary N) is 2. The number of rotatable bonds is 7. The Morgan fingerprint density at radius 1 is 1.21 bits per heavy atom. The lowest BCUT2D eigenvalue weighted by Gasteiger charge is -2.11. The highest BCUT2D eigenvalue weighted by Gasteiger charge is 2.07. The molecule has 6 heteroatoms. The van der Waals surface area contributed by atoms with Gasteiger partial charge in [0.25, 0.3) is 0 Å². The highest BCUT2D eigenvalue weighted by molar-refractivity contribution is 9.10. The molecule has 0 aliphatic rings. The topological polar surface area (TPSA) is 50.4 Å². The molecular weight excluding hydrogens is 388 g/mol. The van der Waals surface area contributed by atoms with Gasteiger partial charge in [0, 0.05) is 21.6 Å². The van der Waals surface area contributed by atoms with Crippen molar-refractivity contribution in [3.8, 4) is 0 Å². The monoisotopic (exact) mass is 408 g/mol. The average molecular weight is 409 g/mol. The van der Waals surface area contributed by atoms with Crippen molar-refractivity contribution >= 4 is 45.2 Å². The van der Waals surface area contributed by atoms with Crippen LogP contribution in [0.3, 0.4) is 0 Å². The molecule has 0 saturated carbocycles. The third kappa shape index (κ3) is 5.76. The summed E-state index contributed by atoms with van der Waals surface area (Å²) >= 11 is 5.21. The van der Waals surface area contributed by atoms with Gasteiger partial charge in [-0.05, 0) is 64.5 Å². The lowest BCUT2D eigenvalue weighted by molar-refractivity contribution is 0.161. The Labute approximate surface area is 155 Å². The van der Waals surface area contributed by atoms with Crippen molar-refractivity contribution in [2.75, 3.05) is 23.5 Å². The van der Waals surface area contributed by atoms with Crippen LogP contribution >= 0.6 is 27.7 Å². The molecule has 0 atom stereocenters. The molecular formula is C18H21BrN2O2S. The summed E-state index contributed by atoms with van der Waals surface area (Å²) in [5.74, 6) is 0. The van der Waals surface area contributed by atoms with E-state index in [0.717, 1.165) is 23.1 Å². The first-order chi connectivity index (χ1) is 11.6. The van der Waals surface area contributed by atoms with Gasteiger partial charge in [0.15, 0.2) is 0 Å². The van der Waals surface area contributed by atoms with Crippen molar-refractivity contribution in [2.24, 2.45) is 0 Å². The van der Waals surface area contributed by atoms with E-state index in [0.29, 0.717) is 12.3 Å². The van der Waals surface area contributed by atoms with Crippen LogP contribution in [0.1, 0.15) is 18.9 Å². The fourth-order valence-electron chi connectivity index (χ4n) is 2.01. The molecule has 0 heterocycles. The Bertz CT molecular complexity index is 677. The average Bonchev–Trinajstić information content (AvgIpc) is 2.60. The number of carbonyl (C=O) groups is 1. The lowest BCUT2D eigenvalue weighted by atomic mass is 10.2. The maximum absolute atomic E-state index is 11.6. The molecule has 2 N–H and O–H groups in total. The predicted molar refractivity (Wildman–Crippen MR) is 105 cm³/mol. The van der Waals surface area contributed by atoms with Gasteiger partial charge in [0.2, 0.25) is 0 Å². The van der Waals surface area contributed by atoms with Crippen LogP contribution in [0, 0.1) is 0 Å². The molecule has 0 fully saturated rings. The van der Waals surface area contributed by atoms with Gasteiger partial charge >= 0.3 is 6.09 Å². The first-order valence-corrected chi connectivity index (χ1v) is 9.74. The fraction of sp³-hybridized carbons (Fsp3) is 0.278. The van der Waals surface area contributed by atoms with Crippen LogP contribution in [0.2, 0.25) is 0 Å². The molecule has 0 bridgehead atoms. The fourth-order valence-corrected chi connectivity index (χ4v) is 2.90. The van der Waals surface area contributed by atoms with Crippen molar-refractivity contribution < 1.29 is 9.53 Å². The molecule has 128 valence electrons. The predicted octanol–water partition coefficient (Wildman–Crippen LogP) is 5.74. The van der Waals surface area contributed by atoms with Crippen LogP contribution < -0.4 is 10.6 Å². The quantitative estimate of drug-likeness (QED) is 0.573. The number of hydrogen-bond donors (Lipinski definition) is 2. The summed E-state index contributed by atoms with van der Waals surface area (Å²) in [5, 5.41) is 6.09. The standard InChI is InChI=1S/C18H21BrN2O2S/c1-3-10-23-18(22)21-17-9-6-14(11-16(17)19)20-12-13-4-7-15(24-2)8-5-13/h4-9,11,20H,3,10,12H2,1-2H3,(H,21,22). The third-order valence-corrected chi connectivity index (χ3v) is 4.70. The summed E-state index contributed by atoms with van der Waals surface area (Å²) in [6.07, 6.45) is 2.43. The van der Waals surface area contributed by atoms with Crippen molar-refractivity contribution in [1.29, 1.82) is 0 Å². The SMILES string of the molecule is CCCOC(=O)Nc1ccc(NCc2ccc(SC)cc2)cc1Br. The van der Waals surface area contributed by atoms with Gasteiger partial charge in [0.05, 0.1) is 12.3 Å². The molecule has 24 heavy (non-hydrogen) atoms. The maximum atomic E-state index is 11.6. The summed E-state index contributed by atoms with van der Waals surface area (Å²) in [7, 11) is 0. The molecule has 0 radical (unpaired) electrons. The molecule has 2 aromatic carbocycles. The molecule has 2 aromatic rings. The van der Waals surface area contributed by atoms with Crippen LogP contribution in [0.15, 0.2) is 51.8 Å². The Morgan fingerprint density at radius 2 is 1.96 bits per heavy atom. The van der Waals surface area contributed by atoms with Gasteiger partial charge in [-0.3, -0.25) is 5.32 Å². The zero-order valence-corrected chi connectivity index (χ0v) is 16.2. The van der Waals surface area contributed by atoms with Gasteiger partial charge < -0.3 is 10.1 Å². The normalized spacial score (nSPS) is 10.3. The number of halogens is 1. The summed E-state index contributed by atoms with van der Waals surface area (Å²) in [6.45, 7) is 3.11. The Kier molecular flexibility index (Phi) is 7.46. The number of anilines is 2. The lowest BCUT2D eigenvalue weighted by Crippen LogP contribution is -2.14. The van der Waals surface area contributed by atoms with Gasteiger partial charge in [-0.1, -0.05) is 19.1 Å². The molecule has 2 rings (SSSR count). The second-order valence-electron chi connectivity index (χ2n) is 5.16.